The lowest BCUT2D eigenvalue weighted by Crippen LogP contribution is -2.56. The number of hydrogen-bond donors (Lipinski definition) is 3. The van der Waals surface area contributed by atoms with Crippen molar-refractivity contribution in [2.45, 2.75) is 70.8 Å². The van der Waals surface area contributed by atoms with Crippen molar-refractivity contribution in [1.29, 1.82) is 0 Å². The molecular formula is C29H40FN5O3S. The van der Waals surface area contributed by atoms with E-state index in [0.717, 1.165) is 36.9 Å². The number of likely N-dealkylation sites (tertiary alicyclic amines) is 1. The largest absolute Gasteiger partial charge is 0.466 e. The molecule has 2 fully saturated rings. The molecule has 3 N–H and O–H groups in total. The number of carbonyl (C=O) groups excluding carboxylic acids is 2. The molecule has 10 heteroatoms. The van der Waals surface area contributed by atoms with Crippen LogP contribution in [0.25, 0.3) is 0 Å². The molecule has 1 unspecified atom stereocenters. The lowest BCUT2D eigenvalue weighted by atomic mass is 9.63. The van der Waals surface area contributed by atoms with E-state index in [1.54, 1.807) is 18.5 Å². The number of piperidine rings is 1. The molecule has 0 bridgehead atoms. The summed E-state index contributed by atoms with van der Waals surface area (Å²) >= 11 is 5.53. The van der Waals surface area contributed by atoms with Crippen molar-refractivity contribution in [3.8, 4) is 0 Å². The van der Waals surface area contributed by atoms with Gasteiger partial charge in [-0.05, 0) is 68.4 Å². The van der Waals surface area contributed by atoms with Crippen molar-refractivity contribution in [2.75, 3.05) is 26.2 Å². The number of aromatic amines is 1. The number of aromatic nitrogens is 2. The molecule has 1 amide bonds. The number of esters is 1. The summed E-state index contributed by atoms with van der Waals surface area (Å²) in [7, 11) is 0. The number of carbonyl (C=O) groups is 2. The van der Waals surface area contributed by atoms with Crippen molar-refractivity contribution in [1.82, 2.24) is 25.5 Å². The Hall–Kier alpha value is -3.01. The molecule has 39 heavy (non-hydrogen) atoms. The number of nitrogens with zero attached hydrogens (tertiary/aromatic N) is 2. The monoisotopic (exact) mass is 557 g/mol. The summed E-state index contributed by atoms with van der Waals surface area (Å²) in [6, 6.07) is 5.56. The highest BCUT2D eigenvalue weighted by atomic mass is 32.1. The quantitative estimate of drug-likeness (QED) is 0.301. The first-order chi connectivity index (χ1) is 18.9. The molecule has 1 aromatic heterocycles. The number of halogens is 1. The Morgan fingerprint density at radius 3 is 2.56 bits per heavy atom. The predicted octanol–water partition coefficient (Wildman–Crippen LogP) is 3.92. The van der Waals surface area contributed by atoms with Crippen molar-refractivity contribution in [3.63, 3.8) is 0 Å². The van der Waals surface area contributed by atoms with E-state index < -0.39 is 11.5 Å². The van der Waals surface area contributed by atoms with Crippen LogP contribution >= 0.6 is 12.2 Å². The van der Waals surface area contributed by atoms with Crippen molar-refractivity contribution >= 4 is 29.2 Å². The minimum atomic E-state index is -0.620. The molecule has 4 rings (SSSR count). The first kappa shape index (κ1) is 29.0. The summed E-state index contributed by atoms with van der Waals surface area (Å²) in [6.07, 6.45) is 11.3. The number of amides is 1. The average Bonchev–Trinajstić information content (AvgIpc) is 3.48. The summed E-state index contributed by atoms with van der Waals surface area (Å²) in [5.74, 6) is -0.190. The molecule has 1 saturated carbocycles. The third-order valence-corrected chi connectivity index (χ3v) is 8.48. The van der Waals surface area contributed by atoms with Gasteiger partial charge >= 0.3 is 5.97 Å². The third kappa shape index (κ3) is 7.56. The van der Waals surface area contributed by atoms with E-state index in [1.165, 1.54) is 18.6 Å². The van der Waals surface area contributed by atoms with E-state index in [0.29, 0.717) is 63.0 Å². The topological polar surface area (TPSA) is 99.4 Å². The van der Waals surface area contributed by atoms with Gasteiger partial charge in [-0.15, -0.1) is 0 Å². The van der Waals surface area contributed by atoms with Crippen LogP contribution in [0.2, 0.25) is 0 Å². The Morgan fingerprint density at radius 2 is 1.92 bits per heavy atom. The third-order valence-electron chi connectivity index (χ3n) is 8.21. The van der Waals surface area contributed by atoms with E-state index in [4.69, 9.17) is 17.0 Å². The zero-order chi connectivity index (χ0) is 27.7. The second-order valence-electron chi connectivity index (χ2n) is 10.6. The Balaban J connectivity index is 1.42. The molecule has 1 atom stereocenters. The molecule has 0 radical (unpaired) electrons. The zero-order valence-corrected chi connectivity index (χ0v) is 23.5. The standard InChI is InChI=1S/C29H40FN5O3S/c1-2-38-27(37)29(22-6-4-3-5-7-22)13-16-35(17-14-29)26(36)25(18-21-8-10-23(30)11-9-21)34-28(39)32-15-12-24-19-31-20-33-24/h8-11,19-20,22,25H,2-7,12-18H2,1H3,(H,31,33)(H2,32,34,39). The molecule has 0 spiro atoms. The van der Waals surface area contributed by atoms with Gasteiger partial charge in [0.05, 0.1) is 24.0 Å². The van der Waals surface area contributed by atoms with Gasteiger partial charge in [-0.25, -0.2) is 9.37 Å². The maximum atomic E-state index is 13.8. The first-order valence-electron chi connectivity index (χ1n) is 14.1. The molecule has 1 aliphatic carbocycles. The maximum Gasteiger partial charge on any atom is 0.312 e. The smallest absolute Gasteiger partial charge is 0.312 e. The number of ether oxygens (including phenoxy) is 1. The lowest BCUT2D eigenvalue weighted by molar-refractivity contribution is -0.166. The summed E-state index contributed by atoms with van der Waals surface area (Å²) in [4.78, 5) is 36.0. The van der Waals surface area contributed by atoms with E-state index >= 15 is 0 Å². The van der Waals surface area contributed by atoms with E-state index in [9.17, 15) is 14.0 Å². The normalized spacial score (nSPS) is 18.3. The highest BCUT2D eigenvalue weighted by molar-refractivity contribution is 7.80. The van der Waals surface area contributed by atoms with E-state index in [1.807, 2.05) is 18.0 Å². The van der Waals surface area contributed by atoms with Gasteiger partial charge in [0, 0.05) is 38.7 Å². The Bertz CT molecular complexity index is 1080. The molecule has 1 aliphatic heterocycles. The fourth-order valence-corrected chi connectivity index (χ4v) is 6.30. The fraction of sp³-hybridized carbons (Fsp3) is 0.586. The Kier molecular flexibility index (Phi) is 10.3. The van der Waals surface area contributed by atoms with Crippen LogP contribution in [0.1, 0.15) is 63.1 Å². The molecule has 2 aromatic rings. The lowest BCUT2D eigenvalue weighted by Gasteiger charge is -2.46. The number of benzene rings is 1. The molecule has 1 aromatic carbocycles. The second-order valence-corrected chi connectivity index (χ2v) is 11.0. The van der Waals surface area contributed by atoms with Gasteiger partial charge in [0.2, 0.25) is 5.91 Å². The molecule has 2 aliphatic rings. The van der Waals surface area contributed by atoms with Gasteiger partial charge in [-0.2, -0.15) is 0 Å². The zero-order valence-electron chi connectivity index (χ0n) is 22.7. The number of H-pyrrole nitrogens is 1. The Morgan fingerprint density at radius 1 is 1.21 bits per heavy atom. The van der Waals surface area contributed by atoms with Gasteiger partial charge in [0.25, 0.3) is 0 Å². The van der Waals surface area contributed by atoms with Crippen LogP contribution < -0.4 is 10.6 Å². The van der Waals surface area contributed by atoms with E-state index in [-0.39, 0.29) is 17.7 Å². The highest BCUT2D eigenvalue weighted by Crippen LogP contribution is 2.46. The van der Waals surface area contributed by atoms with E-state index in [2.05, 4.69) is 20.6 Å². The average molecular weight is 558 g/mol. The summed E-state index contributed by atoms with van der Waals surface area (Å²) in [6.45, 7) is 3.78. The second kappa shape index (κ2) is 13.9. The van der Waals surface area contributed by atoms with Gasteiger partial charge in [0.15, 0.2) is 5.11 Å². The van der Waals surface area contributed by atoms with Crippen LogP contribution in [-0.4, -0.2) is 64.1 Å². The minimum absolute atomic E-state index is 0.0723. The molecule has 2 heterocycles. The summed E-state index contributed by atoms with van der Waals surface area (Å²) < 4.78 is 19.1. The number of thiocarbonyl (C=S) groups is 1. The highest BCUT2D eigenvalue weighted by Gasteiger charge is 2.49. The molecule has 1 saturated heterocycles. The van der Waals surface area contributed by atoms with Crippen LogP contribution in [0.4, 0.5) is 4.39 Å². The van der Waals surface area contributed by atoms with Crippen LogP contribution in [0.15, 0.2) is 36.8 Å². The van der Waals surface area contributed by atoms with Crippen molar-refractivity contribution < 1.29 is 18.7 Å². The van der Waals surface area contributed by atoms with Gasteiger partial charge in [0.1, 0.15) is 11.9 Å². The molecule has 212 valence electrons. The van der Waals surface area contributed by atoms with Crippen LogP contribution in [0.3, 0.4) is 0 Å². The summed E-state index contributed by atoms with van der Waals surface area (Å²) in [5.41, 5.74) is 1.23. The number of rotatable bonds is 10. The van der Waals surface area contributed by atoms with Crippen molar-refractivity contribution in [3.05, 3.63) is 53.9 Å². The minimum Gasteiger partial charge on any atom is -0.466 e. The number of imidazole rings is 1. The van der Waals surface area contributed by atoms with Crippen molar-refractivity contribution in [2.24, 2.45) is 11.3 Å². The fourth-order valence-electron chi connectivity index (χ4n) is 6.05. The Labute approximate surface area is 235 Å². The SMILES string of the molecule is CCOC(=O)C1(C2CCCCC2)CCN(C(=O)C(Cc2ccc(F)cc2)NC(=S)NCCc2c[nH]cn2)CC1. The molecular weight excluding hydrogens is 517 g/mol. The van der Waals surface area contributed by atoms with Crippen LogP contribution in [0.5, 0.6) is 0 Å². The predicted molar refractivity (Wildman–Crippen MR) is 151 cm³/mol. The van der Waals surface area contributed by atoms with Crippen LogP contribution in [-0.2, 0) is 27.2 Å². The van der Waals surface area contributed by atoms with Crippen LogP contribution in [0, 0.1) is 17.2 Å². The summed E-state index contributed by atoms with van der Waals surface area (Å²) in [5, 5.41) is 6.74. The number of nitrogens with one attached hydrogen (secondary N) is 3. The number of hydrogen-bond acceptors (Lipinski definition) is 5. The first-order valence-corrected chi connectivity index (χ1v) is 14.5. The van der Waals surface area contributed by atoms with Gasteiger partial charge in [-0.3, -0.25) is 9.59 Å². The maximum absolute atomic E-state index is 13.8. The van der Waals surface area contributed by atoms with Gasteiger partial charge < -0.3 is 25.3 Å². The van der Waals surface area contributed by atoms with Gasteiger partial charge in [-0.1, -0.05) is 31.4 Å². The molecule has 8 nitrogen and oxygen atoms in total.